The van der Waals surface area contributed by atoms with Gasteiger partial charge in [0.1, 0.15) is 4.90 Å². The lowest BCUT2D eigenvalue weighted by Crippen LogP contribution is -2.13. The monoisotopic (exact) mass is 295 g/mol. The molecule has 0 heterocycles. The number of benzene rings is 2. The molecule has 0 saturated carbocycles. The highest BCUT2D eigenvalue weighted by atomic mass is 35.5. The van der Waals surface area contributed by atoms with Gasteiger partial charge in [-0.1, -0.05) is 29.8 Å². The first-order valence-electron chi connectivity index (χ1n) is 5.75. The molecule has 19 heavy (non-hydrogen) atoms. The Bertz CT molecular complexity index is 711. The van der Waals surface area contributed by atoms with E-state index in [1.165, 1.54) is 6.07 Å². The van der Waals surface area contributed by atoms with E-state index in [0.717, 1.165) is 11.1 Å². The standard InChI is InChI=1S/C14H14ClNO2S/c1-10-7-8-12(9-11(10)2)16-19(17,18)14-6-4-3-5-13(14)15/h3-9,16H,1-2H3. The van der Waals surface area contributed by atoms with Crippen LogP contribution in [0.3, 0.4) is 0 Å². The van der Waals surface area contributed by atoms with Gasteiger partial charge < -0.3 is 0 Å². The summed E-state index contributed by atoms with van der Waals surface area (Å²) in [7, 11) is -3.66. The maximum Gasteiger partial charge on any atom is 0.263 e. The molecule has 0 aromatic heterocycles. The van der Waals surface area contributed by atoms with E-state index in [0.29, 0.717) is 5.69 Å². The van der Waals surface area contributed by atoms with Crippen molar-refractivity contribution >= 4 is 27.3 Å². The zero-order valence-corrected chi connectivity index (χ0v) is 12.2. The fraction of sp³-hybridized carbons (Fsp3) is 0.143. The molecule has 0 fully saturated rings. The predicted octanol–water partition coefficient (Wildman–Crippen LogP) is 3.76. The topological polar surface area (TPSA) is 46.2 Å². The number of aryl methyl sites for hydroxylation is 2. The van der Waals surface area contributed by atoms with E-state index >= 15 is 0 Å². The van der Waals surface area contributed by atoms with Crippen molar-refractivity contribution in [3.05, 3.63) is 58.6 Å². The van der Waals surface area contributed by atoms with Crippen molar-refractivity contribution in [3.63, 3.8) is 0 Å². The fourth-order valence-electron chi connectivity index (χ4n) is 1.68. The van der Waals surface area contributed by atoms with Crippen molar-refractivity contribution in [1.29, 1.82) is 0 Å². The molecule has 0 radical (unpaired) electrons. The van der Waals surface area contributed by atoms with Crippen LogP contribution in [0, 0.1) is 13.8 Å². The molecular formula is C14H14ClNO2S. The molecule has 0 aliphatic rings. The van der Waals surface area contributed by atoms with Gasteiger partial charge in [0.15, 0.2) is 0 Å². The van der Waals surface area contributed by atoms with E-state index in [9.17, 15) is 8.42 Å². The maximum absolute atomic E-state index is 12.2. The summed E-state index contributed by atoms with van der Waals surface area (Å²) in [6.45, 7) is 3.91. The van der Waals surface area contributed by atoms with Gasteiger partial charge in [-0.3, -0.25) is 4.72 Å². The van der Waals surface area contributed by atoms with Gasteiger partial charge in [-0.2, -0.15) is 0 Å². The molecular weight excluding hydrogens is 282 g/mol. The lowest BCUT2D eigenvalue weighted by Gasteiger charge is -2.10. The van der Waals surface area contributed by atoms with Crippen LogP contribution in [0.25, 0.3) is 0 Å². The first-order valence-corrected chi connectivity index (χ1v) is 7.61. The molecule has 1 N–H and O–H groups in total. The summed E-state index contributed by atoms with van der Waals surface area (Å²) in [4.78, 5) is 0.0786. The Hall–Kier alpha value is -1.52. The highest BCUT2D eigenvalue weighted by Crippen LogP contribution is 2.24. The summed E-state index contributed by atoms with van der Waals surface area (Å²) in [5, 5.41) is 0.207. The van der Waals surface area contributed by atoms with Crippen molar-refractivity contribution in [3.8, 4) is 0 Å². The van der Waals surface area contributed by atoms with E-state index in [1.54, 1.807) is 30.3 Å². The number of rotatable bonds is 3. The summed E-state index contributed by atoms with van der Waals surface area (Å²) in [6.07, 6.45) is 0. The predicted molar refractivity (Wildman–Crippen MR) is 78.2 cm³/mol. The van der Waals surface area contributed by atoms with Gasteiger partial charge in [-0.05, 0) is 49.2 Å². The van der Waals surface area contributed by atoms with Crippen LogP contribution >= 0.6 is 11.6 Å². The van der Waals surface area contributed by atoms with Crippen molar-refractivity contribution in [2.24, 2.45) is 0 Å². The highest BCUT2D eigenvalue weighted by molar-refractivity contribution is 7.92. The maximum atomic E-state index is 12.2. The van der Waals surface area contributed by atoms with Crippen LogP contribution in [0.2, 0.25) is 5.02 Å². The number of halogens is 1. The zero-order valence-electron chi connectivity index (χ0n) is 10.6. The third kappa shape index (κ3) is 3.08. The molecule has 3 nitrogen and oxygen atoms in total. The average Bonchev–Trinajstić information content (AvgIpc) is 2.34. The van der Waals surface area contributed by atoms with E-state index in [-0.39, 0.29) is 9.92 Å². The normalized spacial score (nSPS) is 11.3. The Kier molecular flexibility index (Phi) is 3.83. The quantitative estimate of drug-likeness (QED) is 0.937. The minimum absolute atomic E-state index is 0.0786. The number of nitrogens with one attached hydrogen (secondary N) is 1. The highest BCUT2D eigenvalue weighted by Gasteiger charge is 2.17. The Morgan fingerprint density at radius 3 is 2.32 bits per heavy atom. The third-order valence-corrected chi connectivity index (χ3v) is 4.77. The SMILES string of the molecule is Cc1ccc(NS(=O)(=O)c2ccccc2Cl)cc1C. The Balaban J connectivity index is 2.37. The second-order valence-corrected chi connectivity index (χ2v) is 6.39. The molecule has 0 amide bonds. The molecule has 0 atom stereocenters. The van der Waals surface area contributed by atoms with E-state index in [1.807, 2.05) is 19.9 Å². The van der Waals surface area contributed by atoms with Crippen molar-refractivity contribution < 1.29 is 8.42 Å². The van der Waals surface area contributed by atoms with Gasteiger partial charge in [-0.15, -0.1) is 0 Å². The molecule has 0 aliphatic heterocycles. The van der Waals surface area contributed by atoms with Crippen LogP contribution < -0.4 is 4.72 Å². The minimum atomic E-state index is -3.66. The first-order chi connectivity index (χ1) is 8.90. The molecule has 0 bridgehead atoms. The Morgan fingerprint density at radius 2 is 1.68 bits per heavy atom. The number of hydrogen-bond acceptors (Lipinski definition) is 2. The molecule has 2 rings (SSSR count). The molecule has 0 unspecified atom stereocenters. The lowest BCUT2D eigenvalue weighted by molar-refractivity contribution is 0.601. The summed E-state index contributed by atoms with van der Waals surface area (Å²) < 4.78 is 27.0. The summed E-state index contributed by atoms with van der Waals surface area (Å²) in [6, 6.07) is 11.8. The summed E-state index contributed by atoms with van der Waals surface area (Å²) in [5.41, 5.74) is 2.67. The number of anilines is 1. The fourth-order valence-corrected chi connectivity index (χ4v) is 3.25. The minimum Gasteiger partial charge on any atom is -0.280 e. The third-order valence-electron chi connectivity index (χ3n) is 2.89. The molecule has 0 spiro atoms. The number of hydrogen-bond donors (Lipinski definition) is 1. The van der Waals surface area contributed by atoms with Crippen molar-refractivity contribution in [1.82, 2.24) is 0 Å². The van der Waals surface area contributed by atoms with Crippen LogP contribution in [-0.2, 0) is 10.0 Å². The Morgan fingerprint density at radius 1 is 1.00 bits per heavy atom. The van der Waals surface area contributed by atoms with Gasteiger partial charge >= 0.3 is 0 Å². The summed E-state index contributed by atoms with van der Waals surface area (Å²) >= 11 is 5.91. The molecule has 0 aliphatic carbocycles. The van der Waals surface area contributed by atoms with Gasteiger partial charge in [0, 0.05) is 5.69 Å². The molecule has 0 saturated heterocycles. The van der Waals surface area contributed by atoms with E-state index < -0.39 is 10.0 Å². The molecule has 2 aromatic carbocycles. The van der Waals surface area contributed by atoms with Crippen molar-refractivity contribution in [2.45, 2.75) is 18.7 Å². The van der Waals surface area contributed by atoms with Gasteiger partial charge in [0.25, 0.3) is 10.0 Å². The number of sulfonamides is 1. The largest absolute Gasteiger partial charge is 0.280 e. The smallest absolute Gasteiger partial charge is 0.263 e. The van der Waals surface area contributed by atoms with Gasteiger partial charge in [-0.25, -0.2) is 8.42 Å². The van der Waals surface area contributed by atoms with Crippen LogP contribution in [0.1, 0.15) is 11.1 Å². The molecule has 2 aromatic rings. The summed E-state index contributed by atoms with van der Waals surface area (Å²) in [5.74, 6) is 0. The van der Waals surface area contributed by atoms with E-state index in [2.05, 4.69) is 4.72 Å². The van der Waals surface area contributed by atoms with E-state index in [4.69, 9.17) is 11.6 Å². The molecule has 100 valence electrons. The average molecular weight is 296 g/mol. The van der Waals surface area contributed by atoms with Crippen LogP contribution in [0.4, 0.5) is 5.69 Å². The van der Waals surface area contributed by atoms with Crippen molar-refractivity contribution in [2.75, 3.05) is 4.72 Å². The van der Waals surface area contributed by atoms with Gasteiger partial charge in [0.05, 0.1) is 5.02 Å². The zero-order chi connectivity index (χ0) is 14.0. The first kappa shape index (κ1) is 13.9. The van der Waals surface area contributed by atoms with Gasteiger partial charge in [0.2, 0.25) is 0 Å². The Labute approximate surface area is 118 Å². The molecule has 5 heteroatoms. The second kappa shape index (κ2) is 5.23. The lowest BCUT2D eigenvalue weighted by atomic mass is 10.1. The van der Waals surface area contributed by atoms with Crippen LogP contribution in [-0.4, -0.2) is 8.42 Å². The van der Waals surface area contributed by atoms with Crippen LogP contribution in [0.15, 0.2) is 47.4 Å². The second-order valence-electron chi connectivity index (χ2n) is 4.33. The van der Waals surface area contributed by atoms with Crippen LogP contribution in [0.5, 0.6) is 0 Å².